The second kappa shape index (κ2) is 16.4. The third-order valence-electron chi connectivity index (χ3n) is 12.4. The minimum atomic E-state index is -0.325. The Bertz CT molecular complexity index is 3580. The van der Waals surface area contributed by atoms with E-state index >= 15 is 0 Å². The fraction of sp³-hybridized carbons (Fsp3) is 0.138. The van der Waals surface area contributed by atoms with Crippen LogP contribution in [0.5, 0.6) is 5.75 Å². The van der Waals surface area contributed by atoms with E-state index in [1.165, 1.54) is 13.4 Å². The molecule has 0 aliphatic carbocycles. The van der Waals surface area contributed by atoms with Gasteiger partial charge in [0, 0.05) is 52.8 Å². The van der Waals surface area contributed by atoms with Gasteiger partial charge in [-0.05, 0) is 96.1 Å². The maximum Gasteiger partial charge on any atom is 0.149 e. The molecule has 0 amide bonds. The second-order valence-corrected chi connectivity index (χ2v) is 21.1. The van der Waals surface area contributed by atoms with E-state index in [-0.39, 0.29) is 37.6 Å². The SMILES string of the molecule is CC(C)(C)c1cc(-c2nc3c4c(ccc3n2-c2ccc(-c3ccccc3)cc2-c2ccccc2)sc2sc3ccc(-c5cc(-c6ccccc6)ccn5)[c-]c3c24)c(O)c(C(C)(C)C)c1.[Pt]. The van der Waals surface area contributed by atoms with Gasteiger partial charge < -0.3 is 5.11 Å². The Labute approximate surface area is 402 Å². The predicted octanol–water partition coefficient (Wildman–Crippen LogP) is 16.4. The third-order valence-corrected chi connectivity index (χ3v) is 14.8. The van der Waals surface area contributed by atoms with Gasteiger partial charge in [-0.1, -0.05) is 162 Å². The standard InChI is InChI=1S/C58H46N3OS2.Pt/c1-57(2,3)41-33-44(54(62)45(34-41)58(4,5)6)55-60-53-48(61(55)47-24-22-38(35-16-10-7-11-17-35)30-42(47)37-20-14-9-15-21-37)25-27-50-52(53)51-43-31-40(23-26-49(43)63-56(51)64-50)46-32-39(28-29-59-46)36-18-12-8-13-19-36;/h7-30,32-34,62H,1-6H3;/q-1;. The number of benzene rings is 7. The van der Waals surface area contributed by atoms with Crippen molar-refractivity contribution in [3.05, 3.63) is 181 Å². The summed E-state index contributed by atoms with van der Waals surface area (Å²) in [5.41, 5.74) is 13.7. The summed E-state index contributed by atoms with van der Waals surface area (Å²) >= 11 is 3.62. The van der Waals surface area contributed by atoms with Crippen molar-refractivity contribution in [2.45, 2.75) is 52.4 Å². The van der Waals surface area contributed by atoms with Gasteiger partial charge >= 0.3 is 0 Å². The van der Waals surface area contributed by atoms with E-state index in [0.717, 1.165) is 88.6 Å². The Balaban J connectivity index is 0.00000498. The van der Waals surface area contributed by atoms with E-state index in [9.17, 15) is 5.11 Å². The van der Waals surface area contributed by atoms with Crippen LogP contribution in [0.3, 0.4) is 0 Å². The molecule has 0 fully saturated rings. The van der Waals surface area contributed by atoms with Crippen LogP contribution in [0.1, 0.15) is 52.7 Å². The summed E-state index contributed by atoms with van der Waals surface area (Å²) in [6.45, 7) is 13.2. The molecule has 11 aromatic rings. The normalized spacial score (nSPS) is 12.1. The third kappa shape index (κ3) is 7.52. The Kier molecular flexibility index (Phi) is 10.8. The van der Waals surface area contributed by atoms with Crippen molar-refractivity contribution in [3.63, 3.8) is 0 Å². The monoisotopic (exact) mass is 1060 g/mol. The first kappa shape index (κ1) is 42.8. The average molecular weight is 1060 g/mol. The zero-order valence-electron chi connectivity index (χ0n) is 37.0. The van der Waals surface area contributed by atoms with E-state index in [1.54, 1.807) is 11.3 Å². The molecule has 322 valence electrons. The molecule has 65 heavy (non-hydrogen) atoms. The largest absolute Gasteiger partial charge is 0.507 e. The summed E-state index contributed by atoms with van der Waals surface area (Å²) < 4.78 is 5.88. The number of thiophene rings is 2. The molecule has 7 aromatic carbocycles. The Morgan fingerprint density at radius 2 is 1.20 bits per heavy atom. The van der Waals surface area contributed by atoms with Crippen LogP contribution >= 0.6 is 22.7 Å². The number of aromatic nitrogens is 3. The molecular weight excluding hydrogens is 1010 g/mol. The van der Waals surface area contributed by atoms with Crippen molar-refractivity contribution >= 4 is 63.3 Å². The van der Waals surface area contributed by atoms with Crippen LogP contribution in [-0.2, 0) is 31.9 Å². The Hall–Kier alpha value is -6.17. The number of rotatable bonds is 6. The summed E-state index contributed by atoms with van der Waals surface area (Å²) in [5, 5.41) is 15.9. The molecule has 0 aliphatic rings. The van der Waals surface area contributed by atoms with E-state index in [1.807, 2.05) is 23.6 Å². The molecule has 0 atom stereocenters. The van der Waals surface area contributed by atoms with Gasteiger partial charge in [-0.2, -0.15) is 11.3 Å². The first-order chi connectivity index (χ1) is 30.9. The number of imidazole rings is 1. The van der Waals surface area contributed by atoms with Crippen molar-refractivity contribution in [3.8, 4) is 67.5 Å². The van der Waals surface area contributed by atoms with E-state index in [2.05, 4.69) is 204 Å². The van der Waals surface area contributed by atoms with Crippen molar-refractivity contribution in [1.82, 2.24) is 14.5 Å². The van der Waals surface area contributed by atoms with Crippen molar-refractivity contribution in [1.29, 1.82) is 0 Å². The topological polar surface area (TPSA) is 50.9 Å². The maximum atomic E-state index is 12.6. The van der Waals surface area contributed by atoms with Gasteiger partial charge in [-0.15, -0.1) is 29.5 Å². The molecule has 0 saturated heterocycles. The molecule has 0 aliphatic heterocycles. The average Bonchev–Trinajstić information content (AvgIpc) is 3.98. The number of pyridine rings is 1. The fourth-order valence-electron chi connectivity index (χ4n) is 9.02. The van der Waals surface area contributed by atoms with Crippen LogP contribution in [0.15, 0.2) is 164 Å². The quantitative estimate of drug-likeness (QED) is 0.169. The van der Waals surface area contributed by atoms with Gasteiger partial charge in [0.2, 0.25) is 0 Å². The van der Waals surface area contributed by atoms with Crippen molar-refractivity contribution in [2.24, 2.45) is 0 Å². The van der Waals surface area contributed by atoms with Crippen LogP contribution in [-0.4, -0.2) is 19.6 Å². The molecule has 0 radical (unpaired) electrons. The summed E-state index contributed by atoms with van der Waals surface area (Å²) in [7, 11) is 0. The van der Waals surface area contributed by atoms with Gasteiger partial charge in [0.05, 0.1) is 22.3 Å². The molecular formula is C58H46N3OPtS2-. The minimum Gasteiger partial charge on any atom is -0.507 e. The van der Waals surface area contributed by atoms with Gasteiger partial charge in [0.15, 0.2) is 0 Å². The zero-order chi connectivity index (χ0) is 43.9. The van der Waals surface area contributed by atoms with Crippen LogP contribution < -0.4 is 0 Å². The van der Waals surface area contributed by atoms with Gasteiger partial charge in [0.1, 0.15) is 11.6 Å². The van der Waals surface area contributed by atoms with E-state index in [0.29, 0.717) is 11.4 Å². The number of nitrogens with zero attached hydrogens (tertiary/aromatic N) is 3. The second-order valence-electron chi connectivity index (χ2n) is 18.7. The maximum absolute atomic E-state index is 12.6. The van der Waals surface area contributed by atoms with Gasteiger partial charge in [-0.3, -0.25) is 9.55 Å². The summed E-state index contributed by atoms with van der Waals surface area (Å²) in [5.74, 6) is 0.960. The van der Waals surface area contributed by atoms with Crippen LogP contribution in [0.25, 0.3) is 102 Å². The molecule has 0 bridgehead atoms. The first-order valence-corrected chi connectivity index (χ1v) is 23.4. The Morgan fingerprint density at radius 1 is 0.569 bits per heavy atom. The summed E-state index contributed by atoms with van der Waals surface area (Å²) in [4.78, 5) is 10.6. The zero-order valence-corrected chi connectivity index (χ0v) is 40.9. The smallest absolute Gasteiger partial charge is 0.149 e. The molecule has 1 N–H and O–H groups in total. The van der Waals surface area contributed by atoms with Gasteiger partial charge in [-0.25, -0.2) is 4.98 Å². The molecule has 4 heterocycles. The number of phenolic OH excluding ortho intramolecular Hbond substituents is 1. The molecule has 11 rings (SSSR count). The van der Waals surface area contributed by atoms with Crippen LogP contribution in [0.2, 0.25) is 0 Å². The van der Waals surface area contributed by atoms with Crippen molar-refractivity contribution < 1.29 is 26.2 Å². The van der Waals surface area contributed by atoms with E-state index in [4.69, 9.17) is 9.97 Å². The molecule has 4 aromatic heterocycles. The number of fused-ring (bicyclic) bond motifs is 7. The van der Waals surface area contributed by atoms with E-state index < -0.39 is 0 Å². The minimum absolute atomic E-state index is 0. The van der Waals surface area contributed by atoms with Crippen LogP contribution in [0, 0.1) is 6.07 Å². The fourth-order valence-corrected chi connectivity index (χ4v) is 11.6. The summed E-state index contributed by atoms with van der Waals surface area (Å²) in [6, 6.07) is 59.6. The number of hydrogen-bond donors (Lipinski definition) is 1. The number of aromatic hydroxyl groups is 1. The molecule has 0 spiro atoms. The number of phenols is 1. The predicted molar refractivity (Wildman–Crippen MR) is 272 cm³/mol. The first-order valence-electron chi connectivity index (χ1n) is 21.8. The molecule has 0 saturated carbocycles. The van der Waals surface area contributed by atoms with Crippen LogP contribution in [0.4, 0.5) is 0 Å². The molecule has 7 heteroatoms. The number of hydrogen-bond acceptors (Lipinski definition) is 5. The van der Waals surface area contributed by atoms with Crippen molar-refractivity contribution in [2.75, 3.05) is 0 Å². The van der Waals surface area contributed by atoms with Gasteiger partial charge in [0.25, 0.3) is 0 Å². The summed E-state index contributed by atoms with van der Waals surface area (Å²) in [6.07, 6.45) is 1.89. The molecule has 4 nitrogen and oxygen atoms in total. The molecule has 0 unspecified atom stereocenters. The Morgan fingerprint density at radius 3 is 1.86 bits per heavy atom.